The number of furan rings is 1. The van der Waals surface area contributed by atoms with Crippen molar-refractivity contribution in [2.75, 3.05) is 14.1 Å². The Bertz CT molecular complexity index is 577. The van der Waals surface area contributed by atoms with E-state index < -0.39 is 0 Å². The molecule has 1 atom stereocenters. The SMILES string of the molecule is CNCc1cc(CN(C)C(C)c2ccc(Cl)cc2)oc1C. The van der Waals surface area contributed by atoms with E-state index in [2.05, 4.69) is 42.4 Å². The van der Waals surface area contributed by atoms with Crippen LogP contribution >= 0.6 is 11.6 Å². The lowest BCUT2D eigenvalue weighted by Gasteiger charge is -2.24. The fraction of sp³-hybridized carbons (Fsp3) is 0.412. The first-order chi connectivity index (χ1) is 10.0. The van der Waals surface area contributed by atoms with Gasteiger partial charge in [0, 0.05) is 23.2 Å². The summed E-state index contributed by atoms with van der Waals surface area (Å²) < 4.78 is 5.84. The smallest absolute Gasteiger partial charge is 0.118 e. The second kappa shape index (κ2) is 7.12. The van der Waals surface area contributed by atoms with Crippen LogP contribution in [0.3, 0.4) is 0 Å². The quantitative estimate of drug-likeness (QED) is 0.869. The number of hydrogen-bond acceptors (Lipinski definition) is 3. The van der Waals surface area contributed by atoms with Gasteiger partial charge in [-0.1, -0.05) is 23.7 Å². The molecule has 0 amide bonds. The van der Waals surface area contributed by atoms with E-state index in [0.717, 1.165) is 29.6 Å². The Hall–Kier alpha value is -1.29. The summed E-state index contributed by atoms with van der Waals surface area (Å²) in [6.45, 7) is 5.83. The van der Waals surface area contributed by atoms with Crippen molar-refractivity contribution in [3.63, 3.8) is 0 Å². The summed E-state index contributed by atoms with van der Waals surface area (Å²) in [4.78, 5) is 2.27. The average Bonchev–Trinajstić information content (AvgIpc) is 2.79. The predicted molar refractivity (Wildman–Crippen MR) is 87.5 cm³/mol. The van der Waals surface area contributed by atoms with Crippen LogP contribution in [0, 0.1) is 6.92 Å². The Labute approximate surface area is 131 Å². The van der Waals surface area contributed by atoms with Crippen molar-refractivity contribution in [1.29, 1.82) is 0 Å². The molecule has 1 aromatic heterocycles. The molecular weight excluding hydrogens is 284 g/mol. The number of nitrogens with one attached hydrogen (secondary N) is 1. The highest BCUT2D eigenvalue weighted by atomic mass is 35.5. The second-order valence-corrected chi connectivity index (χ2v) is 5.90. The maximum absolute atomic E-state index is 5.94. The summed E-state index contributed by atoms with van der Waals surface area (Å²) in [5.74, 6) is 1.99. The monoisotopic (exact) mass is 306 g/mol. The summed E-state index contributed by atoms with van der Waals surface area (Å²) in [6, 6.07) is 10.5. The van der Waals surface area contributed by atoms with Crippen LogP contribution in [-0.4, -0.2) is 19.0 Å². The van der Waals surface area contributed by atoms with Crippen molar-refractivity contribution in [2.45, 2.75) is 33.0 Å². The van der Waals surface area contributed by atoms with Crippen molar-refractivity contribution in [2.24, 2.45) is 0 Å². The summed E-state index contributed by atoms with van der Waals surface area (Å²) in [7, 11) is 4.05. The lowest BCUT2D eigenvalue weighted by molar-refractivity contribution is 0.231. The van der Waals surface area contributed by atoms with E-state index in [0.29, 0.717) is 6.04 Å². The Morgan fingerprint density at radius 3 is 2.57 bits per heavy atom. The van der Waals surface area contributed by atoms with Gasteiger partial charge in [-0.05, 0) is 51.7 Å². The highest BCUT2D eigenvalue weighted by molar-refractivity contribution is 6.30. The molecule has 0 aliphatic rings. The zero-order valence-electron chi connectivity index (χ0n) is 13.1. The maximum atomic E-state index is 5.94. The summed E-state index contributed by atoms with van der Waals surface area (Å²) in [5, 5.41) is 3.93. The number of hydrogen-bond donors (Lipinski definition) is 1. The Morgan fingerprint density at radius 2 is 1.95 bits per heavy atom. The summed E-state index contributed by atoms with van der Waals surface area (Å²) >= 11 is 5.94. The van der Waals surface area contributed by atoms with Gasteiger partial charge in [0.1, 0.15) is 11.5 Å². The third-order valence-electron chi connectivity index (χ3n) is 3.86. The van der Waals surface area contributed by atoms with Crippen molar-refractivity contribution < 1.29 is 4.42 Å². The number of rotatable bonds is 6. The van der Waals surface area contributed by atoms with Crippen LogP contribution in [0.5, 0.6) is 0 Å². The molecule has 0 aliphatic heterocycles. The van der Waals surface area contributed by atoms with Crippen molar-refractivity contribution in [1.82, 2.24) is 10.2 Å². The van der Waals surface area contributed by atoms with Crippen molar-refractivity contribution >= 4 is 11.6 Å². The molecule has 0 saturated carbocycles. The minimum atomic E-state index is 0.306. The number of aryl methyl sites for hydroxylation is 1. The van der Waals surface area contributed by atoms with E-state index in [1.54, 1.807) is 0 Å². The van der Waals surface area contributed by atoms with Crippen molar-refractivity contribution in [3.05, 3.63) is 58.0 Å². The van der Waals surface area contributed by atoms with Gasteiger partial charge in [-0.15, -0.1) is 0 Å². The van der Waals surface area contributed by atoms with Gasteiger partial charge in [-0.3, -0.25) is 4.90 Å². The Balaban J connectivity index is 2.04. The molecule has 1 N–H and O–H groups in total. The molecule has 0 aliphatic carbocycles. The molecule has 21 heavy (non-hydrogen) atoms. The first kappa shape index (κ1) is 16.1. The van der Waals surface area contributed by atoms with Crippen molar-refractivity contribution in [3.8, 4) is 0 Å². The third-order valence-corrected chi connectivity index (χ3v) is 4.11. The molecule has 0 radical (unpaired) electrons. The minimum Gasteiger partial charge on any atom is -0.465 e. The highest BCUT2D eigenvalue weighted by Crippen LogP contribution is 2.24. The number of halogens is 1. The topological polar surface area (TPSA) is 28.4 Å². The first-order valence-electron chi connectivity index (χ1n) is 7.19. The second-order valence-electron chi connectivity index (χ2n) is 5.47. The fourth-order valence-electron chi connectivity index (χ4n) is 2.41. The van der Waals surface area contributed by atoms with Crippen LogP contribution in [-0.2, 0) is 13.1 Å². The fourth-order valence-corrected chi connectivity index (χ4v) is 2.54. The molecule has 4 heteroatoms. The Kier molecular flexibility index (Phi) is 5.45. The molecule has 0 spiro atoms. The van der Waals surface area contributed by atoms with Gasteiger partial charge >= 0.3 is 0 Å². The molecule has 2 aromatic rings. The third kappa shape index (κ3) is 4.10. The van der Waals surface area contributed by atoms with E-state index in [9.17, 15) is 0 Å². The maximum Gasteiger partial charge on any atom is 0.118 e. The highest BCUT2D eigenvalue weighted by Gasteiger charge is 2.15. The van der Waals surface area contributed by atoms with Crippen LogP contribution in [0.25, 0.3) is 0 Å². The molecular formula is C17H23ClN2O. The minimum absolute atomic E-state index is 0.306. The van der Waals surface area contributed by atoms with Gasteiger partial charge in [0.05, 0.1) is 6.54 Å². The zero-order valence-corrected chi connectivity index (χ0v) is 13.9. The Morgan fingerprint density at radius 1 is 1.29 bits per heavy atom. The molecule has 114 valence electrons. The van der Waals surface area contributed by atoms with Gasteiger partial charge in [0.15, 0.2) is 0 Å². The lowest BCUT2D eigenvalue weighted by atomic mass is 10.1. The number of benzene rings is 1. The van der Waals surface area contributed by atoms with Gasteiger partial charge in [-0.25, -0.2) is 0 Å². The van der Waals surface area contributed by atoms with Gasteiger partial charge < -0.3 is 9.73 Å². The van der Waals surface area contributed by atoms with E-state index in [1.807, 2.05) is 26.1 Å². The summed E-state index contributed by atoms with van der Waals surface area (Å²) in [6.07, 6.45) is 0. The summed E-state index contributed by atoms with van der Waals surface area (Å²) in [5.41, 5.74) is 2.47. The average molecular weight is 307 g/mol. The predicted octanol–water partition coefficient (Wildman–Crippen LogP) is 4.15. The molecule has 1 aromatic carbocycles. The van der Waals surface area contributed by atoms with E-state index in [1.165, 1.54) is 11.1 Å². The molecule has 1 unspecified atom stereocenters. The van der Waals surface area contributed by atoms with Gasteiger partial charge in [0.2, 0.25) is 0 Å². The van der Waals surface area contributed by atoms with E-state index in [4.69, 9.17) is 16.0 Å². The first-order valence-corrected chi connectivity index (χ1v) is 7.57. The molecule has 1 heterocycles. The van der Waals surface area contributed by atoms with Crippen LogP contribution in [0.1, 0.15) is 35.6 Å². The van der Waals surface area contributed by atoms with Crippen LogP contribution < -0.4 is 5.32 Å². The normalized spacial score (nSPS) is 12.9. The molecule has 0 fully saturated rings. The van der Waals surface area contributed by atoms with Gasteiger partial charge in [0.25, 0.3) is 0 Å². The van der Waals surface area contributed by atoms with Crippen LogP contribution in [0.2, 0.25) is 5.02 Å². The molecule has 2 rings (SSSR count). The van der Waals surface area contributed by atoms with E-state index in [-0.39, 0.29) is 0 Å². The van der Waals surface area contributed by atoms with E-state index >= 15 is 0 Å². The molecule has 0 bridgehead atoms. The number of nitrogens with zero attached hydrogens (tertiary/aromatic N) is 1. The molecule has 0 saturated heterocycles. The molecule has 3 nitrogen and oxygen atoms in total. The zero-order chi connectivity index (χ0) is 15.4. The van der Waals surface area contributed by atoms with Crippen LogP contribution in [0.15, 0.2) is 34.7 Å². The standard InChI is InChI=1S/C17H23ClN2O/c1-12(14-5-7-16(18)8-6-14)20(4)11-17-9-15(10-19-3)13(2)21-17/h5-9,12,19H,10-11H2,1-4H3. The van der Waals surface area contributed by atoms with Crippen LogP contribution in [0.4, 0.5) is 0 Å². The van der Waals surface area contributed by atoms with Gasteiger partial charge in [-0.2, -0.15) is 0 Å². The lowest BCUT2D eigenvalue weighted by Crippen LogP contribution is -2.21. The largest absolute Gasteiger partial charge is 0.465 e.